The Morgan fingerprint density at radius 3 is 2.44 bits per heavy atom. The van der Waals surface area contributed by atoms with Gasteiger partial charge in [0, 0.05) is 13.7 Å². The Morgan fingerprint density at radius 2 is 1.78 bits per heavy atom. The maximum Gasteiger partial charge on any atom is 0.337 e. The highest BCUT2D eigenvalue weighted by atomic mass is 35.5. The number of rotatable bonds is 7. The third kappa shape index (κ3) is 5.50. The fourth-order valence-electron chi connectivity index (χ4n) is 2.10. The standard InChI is InChI=1S/C18H18ClN3O5/c1-26-9-8-20-16(23)13-4-3-5-14(21-13)17(24)22-15-10-11(18(25)27-2)6-7-12(15)19/h3-7,10H,8-9H2,1-2H3,(H,20,23)(H,22,24). The lowest BCUT2D eigenvalue weighted by Crippen LogP contribution is -2.28. The molecule has 1 heterocycles. The molecule has 0 aliphatic carbocycles. The molecule has 0 aliphatic heterocycles. The molecule has 0 saturated carbocycles. The Kier molecular flexibility index (Phi) is 7.27. The molecule has 0 atom stereocenters. The van der Waals surface area contributed by atoms with Gasteiger partial charge in [0.05, 0.1) is 30.0 Å². The minimum absolute atomic E-state index is 0.0222. The normalized spacial score (nSPS) is 10.2. The highest BCUT2D eigenvalue weighted by Gasteiger charge is 2.15. The van der Waals surface area contributed by atoms with Crippen LogP contribution in [-0.2, 0) is 9.47 Å². The molecular formula is C18H18ClN3O5. The molecule has 2 N–H and O–H groups in total. The van der Waals surface area contributed by atoms with Crippen LogP contribution in [0.3, 0.4) is 0 Å². The summed E-state index contributed by atoms with van der Waals surface area (Å²) in [6.45, 7) is 0.685. The molecule has 2 aromatic rings. The molecule has 8 nitrogen and oxygen atoms in total. The topological polar surface area (TPSA) is 107 Å². The predicted molar refractivity (Wildman–Crippen MR) is 99.2 cm³/mol. The fraction of sp³-hybridized carbons (Fsp3) is 0.222. The zero-order valence-electron chi connectivity index (χ0n) is 14.7. The molecule has 1 aromatic heterocycles. The molecular weight excluding hydrogens is 374 g/mol. The average Bonchev–Trinajstić information content (AvgIpc) is 2.69. The molecule has 0 unspecified atom stereocenters. The second-order valence-corrected chi connectivity index (χ2v) is 5.70. The number of nitrogens with one attached hydrogen (secondary N) is 2. The van der Waals surface area contributed by atoms with Crippen molar-refractivity contribution in [2.24, 2.45) is 0 Å². The van der Waals surface area contributed by atoms with E-state index < -0.39 is 17.8 Å². The van der Waals surface area contributed by atoms with Gasteiger partial charge in [-0.25, -0.2) is 9.78 Å². The second kappa shape index (κ2) is 9.65. The number of anilines is 1. The molecule has 0 bridgehead atoms. The molecule has 9 heteroatoms. The summed E-state index contributed by atoms with van der Waals surface area (Å²) in [6, 6.07) is 8.83. The van der Waals surface area contributed by atoms with Crippen LogP contribution in [0.2, 0.25) is 5.02 Å². The van der Waals surface area contributed by atoms with Gasteiger partial charge in [0.25, 0.3) is 11.8 Å². The number of hydrogen-bond acceptors (Lipinski definition) is 6. The third-order valence-electron chi connectivity index (χ3n) is 3.44. The van der Waals surface area contributed by atoms with E-state index in [9.17, 15) is 14.4 Å². The number of carbonyl (C=O) groups excluding carboxylic acids is 3. The lowest BCUT2D eigenvalue weighted by atomic mass is 10.2. The predicted octanol–water partition coefficient (Wildman–Crippen LogP) is 2.15. The highest BCUT2D eigenvalue weighted by molar-refractivity contribution is 6.34. The quantitative estimate of drug-likeness (QED) is 0.553. The average molecular weight is 392 g/mol. The van der Waals surface area contributed by atoms with Crippen LogP contribution in [0.15, 0.2) is 36.4 Å². The van der Waals surface area contributed by atoms with Crippen molar-refractivity contribution in [3.63, 3.8) is 0 Å². The number of esters is 1. The van der Waals surface area contributed by atoms with Gasteiger partial charge in [0.2, 0.25) is 0 Å². The van der Waals surface area contributed by atoms with Crippen molar-refractivity contribution in [1.29, 1.82) is 0 Å². The largest absolute Gasteiger partial charge is 0.465 e. The number of aromatic nitrogens is 1. The first-order valence-corrected chi connectivity index (χ1v) is 8.27. The SMILES string of the molecule is COCCNC(=O)c1cccc(C(=O)Nc2cc(C(=O)OC)ccc2Cl)n1. The monoisotopic (exact) mass is 391 g/mol. The van der Waals surface area contributed by atoms with Gasteiger partial charge in [-0.15, -0.1) is 0 Å². The number of methoxy groups -OCH3 is 2. The minimum Gasteiger partial charge on any atom is -0.465 e. The highest BCUT2D eigenvalue weighted by Crippen LogP contribution is 2.24. The summed E-state index contributed by atoms with van der Waals surface area (Å²) in [5.41, 5.74) is 0.569. The Bertz CT molecular complexity index is 857. The Morgan fingerprint density at radius 1 is 1.07 bits per heavy atom. The van der Waals surface area contributed by atoms with E-state index in [-0.39, 0.29) is 27.7 Å². The second-order valence-electron chi connectivity index (χ2n) is 5.30. The lowest BCUT2D eigenvalue weighted by molar-refractivity contribution is 0.0600. The number of pyridine rings is 1. The molecule has 0 saturated heterocycles. The van der Waals surface area contributed by atoms with Crippen LogP contribution >= 0.6 is 11.6 Å². The Balaban J connectivity index is 2.16. The molecule has 1 aromatic carbocycles. The van der Waals surface area contributed by atoms with E-state index in [1.165, 1.54) is 44.6 Å². The van der Waals surface area contributed by atoms with Crippen molar-refractivity contribution >= 4 is 35.1 Å². The number of amides is 2. The van der Waals surface area contributed by atoms with Gasteiger partial charge in [-0.2, -0.15) is 0 Å². The van der Waals surface area contributed by atoms with Crippen molar-refractivity contribution < 1.29 is 23.9 Å². The first-order valence-electron chi connectivity index (χ1n) is 7.89. The van der Waals surface area contributed by atoms with Crippen LogP contribution in [0.4, 0.5) is 5.69 Å². The van der Waals surface area contributed by atoms with Gasteiger partial charge < -0.3 is 20.1 Å². The molecule has 27 heavy (non-hydrogen) atoms. The van der Waals surface area contributed by atoms with E-state index in [0.29, 0.717) is 13.2 Å². The van der Waals surface area contributed by atoms with Crippen LogP contribution in [-0.4, -0.2) is 50.1 Å². The number of ether oxygens (including phenoxy) is 2. The summed E-state index contributed by atoms with van der Waals surface area (Å²) < 4.78 is 9.50. The summed E-state index contributed by atoms with van der Waals surface area (Å²) in [5, 5.41) is 5.43. The fourth-order valence-corrected chi connectivity index (χ4v) is 2.26. The molecule has 0 aliphatic rings. The Labute approximate surface area is 160 Å². The molecule has 142 valence electrons. The third-order valence-corrected chi connectivity index (χ3v) is 3.77. The number of carbonyl (C=O) groups is 3. The first-order chi connectivity index (χ1) is 13.0. The zero-order chi connectivity index (χ0) is 19.8. The molecule has 0 spiro atoms. The van der Waals surface area contributed by atoms with Gasteiger partial charge in [-0.3, -0.25) is 9.59 Å². The summed E-state index contributed by atoms with van der Waals surface area (Å²) in [4.78, 5) is 40.1. The van der Waals surface area contributed by atoms with Crippen LogP contribution in [0.25, 0.3) is 0 Å². The summed E-state index contributed by atoms with van der Waals surface area (Å²) in [5.74, 6) is -1.56. The maximum absolute atomic E-state index is 12.5. The van der Waals surface area contributed by atoms with Gasteiger partial charge >= 0.3 is 5.97 Å². The number of benzene rings is 1. The van der Waals surface area contributed by atoms with Gasteiger partial charge in [0.15, 0.2) is 0 Å². The number of halogens is 1. The molecule has 2 amide bonds. The summed E-state index contributed by atoms with van der Waals surface area (Å²) >= 11 is 6.07. The summed E-state index contributed by atoms with van der Waals surface area (Å²) in [7, 11) is 2.78. The van der Waals surface area contributed by atoms with E-state index in [2.05, 4.69) is 20.4 Å². The van der Waals surface area contributed by atoms with E-state index >= 15 is 0 Å². The van der Waals surface area contributed by atoms with Gasteiger partial charge in [-0.1, -0.05) is 17.7 Å². The molecule has 0 radical (unpaired) electrons. The van der Waals surface area contributed by atoms with Crippen molar-refractivity contribution in [2.45, 2.75) is 0 Å². The van der Waals surface area contributed by atoms with Crippen molar-refractivity contribution in [2.75, 3.05) is 32.7 Å². The number of nitrogens with zero attached hydrogens (tertiary/aromatic N) is 1. The molecule has 2 rings (SSSR count). The first kappa shape index (κ1) is 20.3. The van der Waals surface area contributed by atoms with Crippen LogP contribution in [0, 0.1) is 0 Å². The van der Waals surface area contributed by atoms with E-state index in [4.69, 9.17) is 16.3 Å². The minimum atomic E-state index is -0.578. The van der Waals surface area contributed by atoms with Crippen LogP contribution < -0.4 is 10.6 Å². The van der Waals surface area contributed by atoms with Gasteiger partial charge in [0.1, 0.15) is 11.4 Å². The molecule has 0 fully saturated rings. The van der Waals surface area contributed by atoms with Crippen molar-refractivity contribution in [3.05, 3.63) is 58.4 Å². The van der Waals surface area contributed by atoms with Crippen LogP contribution in [0.5, 0.6) is 0 Å². The summed E-state index contributed by atoms with van der Waals surface area (Å²) in [6.07, 6.45) is 0. The smallest absolute Gasteiger partial charge is 0.337 e. The van der Waals surface area contributed by atoms with E-state index in [0.717, 1.165) is 0 Å². The lowest BCUT2D eigenvalue weighted by Gasteiger charge is -2.09. The zero-order valence-corrected chi connectivity index (χ0v) is 15.5. The number of hydrogen-bond donors (Lipinski definition) is 2. The van der Waals surface area contributed by atoms with Crippen molar-refractivity contribution in [1.82, 2.24) is 10.3 Å². The maximum atomic E-state index is 12.5. The van der Waals surface area contributed by atoms with Crippen molar-refractivity contribution in [3.8, 4) is 0 Å². The van der Waals surface area contributed by atoms with E-state index in [1.807, 2.05) is 0 Å². The Hall–Kier alpha value is -2.97. The van der Waals surface area contributed by atoms with Crippen LogP contribution in [0.1, 0.15) is 31.3 Å². The van der Waals surface area contributed by atoms with E-state index in [1.54, 1.807) is 6.07 Å². The van der Waals surface area contributed by atoms with Gasteiger partial charge in [-0.05, 0) is 30.3 Å².